The van der Waals surface area contributed by atoms with E-state index in [2.05, 4.69) is 15.6 Å². The zero-order valence-corrected chi connectivity index (χ0v) is 22.0. The summed E-state index contributed by atoms with van der Waals surface area (Å²) in [6, 6.07) is 11.4. The Labute approximate surface area is 228 Å². The van der Waals surface area contributed by atoms with Gasteiger partial charge < -0.3 is 27.8 Å². The van der Waals surface area contributed by atoms with Crippen molar-refractivity contribution in [3.63, 3.8) is 0 Å². The summed E-state index contributed by atoms with van der Waals surface area (Å²) in [5.41, 5.74) is 18.1. The highest BCUT2D eigenvalue weighted by molar-refractivity contribution is 7.97. The quantitative estimate of drug-likeness (QED) is 0.198. The second-order valence-electron chi connectivity index (χ2n) is 8.77. The molecule has 9 nitrogen and oxygen atoms in total. The SMILES string of the molecule is NCCN(CCN)SC[C@H](N)C(=O)N[C@H](Cc1ccc(C(F)(F)F)cc1)C(=O)Nc1cnc2ccccc2c1. The molecule has 0 spiro atoms. The van der Waals surface area contributed by atoms with E-state index in [1.807, 2.05) is 28.6 Å². The molecule has 39 heavy (non-hydrogen) atoms. The van der Waals surface area contributed by atoms with Crippen LogP contribution >= 0.6 is 11.9 Å². The molecule has 0 saturated carbocycles. The van der Waals surface area contributed by atoms with Crippen molar-refractivity contribution in [2.24, 2.45) is 17.2 Å². The first kappa shape index (κ1) is 30.3. The molecule has 0 fully saturated rings. The lowest BCUT2D eigenvalue weighted by atomic mass is 10.0. The molecule has 0 aliphatic rings. The normalized spacial score (nSPS) is 13.3. The van der Waals surface area contributed by atoms with Crippen molar-refractivity contribution in [1.29, 1.82) is 0 Å². The Hall–Kier alpha value is -3.23. The Morgan fingerprint density at radius 1 is 1.00 bits per heavy atom. The maximum absolute atomic E-state index is 13.3. The monoisotopic (exact) mass is 563 g/mol. The topological polar surface area (TPSA) is 152 Å². The Bertz CT molecular complexity index is 1240. The number of pyridine rings is 1. The van der Waals surface area contributed by atoms with Crippen LogP contribution in [0, 0.1) is 0 Å². The lowest BCUT2D eigenvalue weighted by Crippen LogP contribution is -2.52. The Kier molecular flexibility index (Phi) is 11.1. The largest absolute Gasteiger partial charge is 0.416 e. The molecule has 2 atom stereocenters. The highest BCUT2D eigenvalue weighted by Gasteiger charge is 2.30. The summed E-state index contributed by atoms with van der Waals surface area (Å²) >= 11 is 1.33. The number of halogens is 3. The van der Waals surface area contributed by atoms with Gasteiger partial charge in [0.05, 0.1) is 29.0 Å². The number of benzene rings is 2. The fourth-order valence-electron chi connectivity index (χ4n) is 3.71. The van der Waals surface area contributed by atoms with Crippen LogP contribution in [0.4, 0.5) is 18.9 Å². The van der Waals surface area contributed by atoms with Crippen molar-refractivity contribution >= 4 is 40.4 Å². The summed E-state index contributed by atoms with van der Waals surface area (Å²) in [5, 5.41) is 6.20. The molecule has 13 heteroatoms. The van der Waals surface area contributed by atoms with Crippen molar-refractivity contribution in [3.8, 4) is 0 Å². The molecular weight excluding hydrogens is 531 g/mol. The van der Waals surface area contributed by atoms with Gasteiger partial charge in [-0.05, 0) is 29.8 Å². The summed E-state index contributed by atoms with van der Waals surface area (Å²) in [6.07, 6.45) is -3.05. The van der Waals surface area contributed by atoms with Crippen molar-refractivity contribution < 1.29 is 22.8 Å². The van der Waals surface area contributed by atoms with Gasteiger partial charge in [-0.25, -0.2) is 4.31 Å². The highest BCUT2D eigenvalue weighted by atomic mass is 32.2. The molecule has 0 radical (unpaired) electrons. The molecule has 0 aliphatic heterocycles. The van der Waals surface area contributed by atoms with Gasteiger partial charge in [0, 0.05) is 43.7 Å². The smallest absolute Gasteiger partial charge is 0.343 e. The maximum atomic E-state index is 13.3. The van der Waals surface area contributed by atoms with Gasteiger partial charge in [-0.2, -0.15) is 13.2 Å². The first-order chi connectivity index (χ1) is 18.6. The van der Waals surface area contributed by atoms with E-state index in [1.165, 1.54) is 30.3 Å². The molecular formula is C26H32F3N7O2S. The molecule has 1 aromatic heterocycles. The number of alkyl halides is 3. The second kappa shape index (κ2) is 14.2. The molecule has 3 rings (SSSR count). The fourth-order valence-corrected chi connectivity index (χ4v) is 4.70. The lowest BCUT2D eigenvalue weighted by molar-refractivity contribution is -0.137. The summed E-state index contributed by atoms with van der Waals surface area (Å²) < 4.78 is 40.9. The zero-order chi connectivity index (χ0) is 28.4. The van der Waals surface area contributed by atoms with Gasteiger partial charge in [-0.3, -0.25) is 14.6 Å². The van der Waals surface area contributed by atoms with Crippen molar-refractivity contribution in [2.75, 3.05) is 37.2 Å². The van der Waals surface area contributed by atoms with Crippen molar-refractivity contribution in [2.45, 2.75) is 24.7 Å². The van der Waals surface area contributed by atoms with Crippen LogP contribution in [-0.4, -0.2) is 65.1 Å². The number of carbonyl (C=O) groups excluding carboxylic acids is 2. The average molecular weight is 564 g/mol. The number of amides is 2. The first-order valence-corrected chi connectivity index (χ1v) is 13.2. The summed E-state index contributed by atoms with van der Waals surface area (Å²) in [4.78, 5) is 30.5. The third-order valence-corrected chi connectivity index (χ3v) is 6.98. The molecule has 0 bridgehead atoms. The van der Waals surface area contributed by atoms with Crippen LogP contribution in [0.2, 0.25) is 0 Å². The van der Waals surface area contributed by atoms with E-state index in [1.54, 1.807) is 6.07 Å². The van der Waals surface area contributed by atoms with Crippen LogP contribution in [-0.2, 0) is 22.2 Å². The van der Waals surface area contributed by atoms with E-state index >= 15 is 0 Å². The molecule has 0 unspecified atom stereocenters. The van der Waals surface area contributed by atoms with Gasteiger partial charge in [0.2, 0.25) is 11.8 Å². The minimum Gasteiger partial charge on any atom is -0.343 e. The average Bonchev–Trinajstić information content (AvgIpc) is 2.91. The van der Waals surface area contributed by atoms with Crippen molar-refractivity contribution in [3.05, 3.63) is 71.9 Å². The zero-order valence-electron chi connectivity index (χ0n) is 21.2. The molecule has 0 saturated heterocycles. The van der Waals surface area contributed by atoms with Gasteiger partial charge in [-0.1, -0.05) is 42.3 Å². The number of rotatable bonds is 13. The van der Waals surface area contributed by atoms with Gasteiger partial charge in [0.25, 0.3) is 0 Å². The van der Waals surface area contributed by atoms with Gasteiger partial charge >= 0.3 is 6.18 Å². The van der Waals surface area contributed by atoms with Gasteiger partial charge in [0.15, 0.2) is 0 Å². The minimum absolute atomic E-state index is 0.0525. The molecule has 210 valence electrons. The molecule has 2 amide bonds. The summed E-state index contributed by atoms with van der Waals surface area (Å²) in [7, 11) is 0. The van der Waals surface area contributed by atoms with Gasteiger partial charge in [0.1, 0.15) is 6.04 Å². The number of hydrogen-bond donors (Lipinski definition) is 5. The first-order valence-electron chi connectivity index (χ1n) is 12.3. The summed E-state index contributed by atoms with van der Waals surface area (Å²) in [5.74, 6) is -0.922. The Morgan fingerprint density at radius 3 is 2.31 bits per heavy atom. The van der Waals surface area contributed by atoms with E-state index in [-0.39, 0.29) is 12.2 Å². The van der Waals surface area contributed by atoms with E-state index in [4.69, 9.17) is 17.2 Å². The molecule has 3 aromatic rings. The van der Waals surface area contributed by atoms with E-state index in [9.17, 15) is 22.8 Å². The maximum Gasteiger partial charge on any atom is 0.416 e. The van der Waals surface area contributed by atoms with Crippen LogP contribution in [0.5, 0.6) is 0 Å². The number of nitrogens with two attached hydrogens (primary N) is 3. The Morgan fingerprint density at radius 2 is 1.67 bits per heavy atom. The highest BCUT2D eigenvalue weighted by Crippen LogP contribution is 2.29. The third-order valence-electron chi connectivity index (χ3n) is 5.74. The number of aromatic nitrogens is 1. The number of fused-ring (bicyclic) bond motifs is 1. The van der Waals surface area contributed by atoms with Crippen molar-refractivity contribution in [1.82, 2.24) is 14.6 Å². The molecule has 0 aliphatic carbocycles. The predicted molar refractivity (Wildman–Crippen MR) is 148 cm³/mol. The van der Waals surface area contributed by atoms with Gasteiger partial charge in [-0.15, -0.1) is 0 Å². The molecule has 2 aromatic carbocycles. The minimum atomic E-state index is -4.49. The van der Waals surface area contributed by atoms with E-state index in [0.717, 1.165) is 23.0 Å². The standard InChI is InChI=1S/C26H32F3N7O2S/c27-26(28,29)19-7-5-17(6-8-19)13-23(35-24(37)21(32)16-39-36(11-9-30)12-10-31)25(38)34-20-14-18-3-1-2-4-22(18)33-15-20/h1-8,14-15,21,23H,9-13,16,30-32H2,(H,34,38)(H,35,37)/t21-,23+/m0/s1. The van der Waals surface area contributed by atoms with E-state index < -0.39 is 35.6 Å². The number of anilines is 1. The van der Waals surface area contributed by atoms with Crippen LogP contribution in [0.1, 0.15) is 11.1 Å². The number of nitrogens with zero attached hydrogens (tertiary/aromatic N) is 2. The van der Waals surface area contributed by atoms with E-state index in [0.29, 0.717) is 37.4 Å². The molecule has 8 N–H and O–H groups in total. The number of hydrogen-bond acceptors (Lipinski definition) is 8. The van der Waals surface area contributed by atoms with Crippen LogP contribution < -0.4 is 27.8 Å². The predicted octanol–water partition coefficient (Wildman–Crippen LogP) is 2.11. The third kappa shape index (κ3) is 9.18. The number of para-hydroxylation sites is 1. The van der Waals surface area contributed by atoms with Crippen LogP contribution in [0.25, 0.3) is 10.9 Å². The summed E-state index contributed by atoms with van der Waals surface area (Å²) in [6.45, 7) is 1.95. The van der Waals surface area contributed by atoms with Crippen LogP contribution in [0.15, 0.2) is 60.8 Å². The molecule has 1 heterocycles. The second-order valence-corrected chi connectivity index (χ2v) is 9.88. The fraction of sp³-hybridized carbons (Fsp3) is 0.346. The Balaban J connectivity index is 1.74. The lowest BCUT2D eigenvalue weighted by Gasteiger charge is -2.23. The van der Waals surface area contributed by atoms with Crippen LogP contribution in [0.3, 0.4) is 0 Å². The number of carbonyl (C=O) groups is 2. The number of nitrogens with one attached hydrogen (secondary N) is 2.